The van der Waals surface area contributed by atoms with E-state index >= 15 is 0 Å². The molecule has 0 spiro atoms. The average Bonchev–Trinajstić information content (AvgIpc) is 3.17. The number of rotatable bonds is 10. The third-order valence-corrected chi connectivity index (χ3v) is 7.47. The molecule has 0 saturated heterocycles. The van der Waals surface area contributed by atoms with E-state index in [4.69, 9.17) is 4.74 Å². The maximum absolute atomic E-state index is 12.8. The van der Waals surface area contributed by atoms with E-state index in [0.717, 1.165) is 28.6 Å². The molecule has 0 bridgehead atoms. The fraction of sp³-hybridized carbons (Fsp3) is 0.185. The van der Waals surface area contributed by atoms with Crippen LogP contribution in [-0.4, -0.2) is 36.4 Å². The number of aromatic nitrogens is 2. The van der Waals surface area contributed by atoms with Gasteiger partial charge in [-0.2, -0.15) is 10.2 Å². The van der Waals surface area contributed by atoms with Crippen LogP contribution in [0.2, 0.25) is 0 Å². The summed E-state index contributed by atoms with van der Waals surface area (Å²) in [7, 11) is -2.58. The standard InChI is InChI=1S/C27H28N6O5S/c1-18-5-7-21(8-6-18)17-32-20(3)25(19(2)30-32)16-28-29-26-14-13-24(15-27(26)33(34)35)39(36,37)31-22-9-11-23(38-4)12-10-22/h5-16,29,31H,17H2,1-4H3. The Balaban J connectivity index is 1.52. The van der Waals surface area contributed by atoms with Gasteiger partial charge in [0.1, 0.15) is 11.4 Å². The van der Waals surface area contributed by atoms with Gasteiger partial charge in [0.05, 0.1) is 35.4 Å². The number of hydrazone groups is 1. The molecule has 202 valence electrons. The lowest BCUT2D eigenvalue weighted by Crippen LogP contribution is -2.13. The van der Waals surface area contributed by atoms with Gasteiger partial charge in [-0.05, 0) is 62.7 Å². The van der Waals surface area contributed by atoms with Crippen LogP contribution >= 0.6 is 0 Å². The number of methoxy groups -OCH3 is 1. The molecule has 0 saturated carbocycles. The number of benzene rings is 3. The van der Waals surface area contributed by atoms with Gasteiger partial charge in [0, 0.05) is 23.0 Å². The molecular weight excluding hydrogens is 520 g/mol. The van der Waals surface area contributed by atoms with Crippen molar-refractivity contribution in [2.75, 3.05) is 17.3 Å². The van der Waals surface area contributed by atoms with E-state index in [0.29, 0.717) is 18.0 Å². The molecule has 12 heteroatoms. The average molecular weight is 549 g/mol. The molecule has 3 aromatic carbocycles. The third kappa shape index (κ3) is 6.41. The molecule has 0 aliphatic rings. The predicted molar refractivity (Wildman–Crippen MR) is 150 cm³/mol. The summed E-state index contributed by atoms with van der Waals surface area (Å²) >= 11 is 0. The van der Waals surface area contributed by atoms with Gasteiger partial charge in [-0.15, -0.1) is 0 Å². The second-order valence-corrected chi connectivity index (χ2v) is 10.6. The van der Waals surface area contributed by atoms with Crippen LogP contribution in [0, 0.1) is 30.9 Å². The smallest absolute Gasteiger partial charge is 0.295 e. The highest BCUT2D eigenvalue weighted by atomic mass is 32.2. The summed E-state index contributed by atoms with van der Waals surface area (Å²) in [4.78, 5) is 10.8. The Bertz CT molecular complexity index is 1630. The zero-order chi connectivity index (χ0) is 28.2. The number of ether oxygens (including phenoxy) is 1. The Morgan fingerprint density at radius 3 is 2.38 bits per heavy atom. The maximum atomic E-state index is 12.8. The van der Waals surface area contributed by atoms with Crippen LogP contribution in [0.5, 0.6) is 5.75 Å². The zero-order valence-corrected chi connectivity index (χ0v) is 22.7. The first kappa shape index (κ1) is 27.3. The first-order valence-electron chi connectivity index (χ1n) is 11.9. The quantitative estimate of drug-likeness (QED) is 0.161. The van der Waals surface area contributed by atoms with Gasteiger partial charge in [-0.1, -0.05) is 29.8 Å². The van der Waals surface area contributed by atoms with Crippen molar-refractivity contribution in [2.45, 2.75) is 32.2 Å². The lowest BCUT2D eigenvalue weighted by molar-refractivity contribution is -0.384. The van der Waals surface area contributed by atoms with Crippen molar-refractivity contribution < 1.29 is 18.1 Å². The van der Waals surface area contributed by atoms with E-state index in [1.807, 2.05) is 37.6 Å². The summed E-state index contributed by atoms with van der Waals surface area (Å²) < 4.78 is 35.0. The van der Waals surface area contributed by atoms with E-state index in [2.05, 4.69) is 32.5 Å². The second-order valence-electron chi connectivity index (χ2n) is 8.87. The molecule has 0 radical (unpaired) electrons. The minimum atomic E-state index is -4.08. The highest BCUT2D eigenvalue weighted by Crippen LogP contribution is 2.29. The molecule has 0 fully saturated rings. The number of hydrogen-bond donors (Lipinski definition) is 2. The minimum absolute atomic E-state index is 0.0435. The normalized spacial score (nSPS) is 11.5. The van der Waals surface area contributed by atoms with Crippen LogP contribution in [0.15, 0.2) is 76.7 Å². The van der Waals surface area contributed by atoms with Crippen molar-refractivity contribution >= 4 is 33.3 Å². The Kier molecular flexibility index (Phi) is 7.96. The summed E-state index contributed by atoms with van der Waals surface area (Å²) in [6.45, 7) is 6.41. The highest BCUT2D eigenvalue weighted by molar-refractivity contribution is 7.92. The predicted octanol–water partition coefficient (Wildman–Crippen LogP) is 5.02. The van der Waals surface area contributed by atoms with Gasteiger partial charge in [-0.25, -0.2) is 8.42 Å². The van der Waals surface area contributed by atoms with Crippen LogP contribution in [0.4, 0.5) is 17.1 Å². The Labute approximate surface area is 226 Å². The molecule has 4 rings (SSSR count). The number of nitrogens with zero attached hydrogens (tertiary/aromatic N) is 4. The summed E-state index contributed by atoms with van der Waals surface area (Å²) in [6, 6.07) is 18.0. The summed E-state index contributed by atoms with van der Waals surface area (Å²) in [6.07, 6.45) is 1.54. The molecule has 39 heavy (non-hydrogen) atoms. The van der Waals surface area contributed by atoms with E-state index in [1.165, 1.54) is 36.9 Å². The topological polar surface area (TPSA) is 141 Å². The van der Waals surface area contributed by atoms with Crippen LogP contribution in [-0.2, 0) is 16.6 Å². The van der Waals surface area contributed by atoms with Gasteiger partial charge < -0.3 is 4.74 Å². The van der Waals surface area contributed by atoms with Crippen molar-refractivity contribution in [1.82, 2.24) is 9.78 Å². The Morgan fingerprint density at radius 2 is 1.74 bits per heavy atom. The monoisotopic (exact) mass is 548 g/mol. The van der Waals surface area contributed by atoms with Gasteiger partial charge >= 0.3 is 0 Å². The number of nitrogens with one attached hydrogen (secondary N) is 2. The Hall–Kier alpha value is -4.71. The van der Waals surface area contributed by atoms with E-state index in [-0.39, 0.29) is 10.6 Å². The third-order valence-electron chi connectivity index (χ3n) is 6.09. The van der Waals surface area contributed by atoms with Crippen molar-refractivity contribution in [3.05, 3.63) is 105 Å². The van der Waals surface area contributed by atoms with Gasteiger partial charge in [0.2, 0.25) is 0 Å². The van der Waals surface area contributed by atoms with Crippen LogP contribution in [0.25, 0.3) is 0 Å². The summed E-state index contributed by atoms with van der Waals surface area (Å²) in [5, 5.41) is 20.5. The van der Waals surface area contributed by atoms with Gasteiger partial charge in [0.25, 0.3) is 15.7 Å². The van der Waals surface area contributed by atoms with E-state index in [9.17, 15) is 18.5 Å². The fourth-order valence-electron chi connectivity index (χ4n) is 3.88. The van der Waals surface area contributed by atoms with E-state index < -0.39 is 20.6 Å². The molecule has 2 N–H and O–H groups in total. The number of hydrogen-bond acceptors (Lipinski definition) is 8. The molecule has 1 heterocycles. The molecule has 11 nitrogen and oxygen atoms in total. The first-order valence-corrected chi connectivity index (χ1v) is 13.4. The minimum Gasteiger partial charge on any atom is -0.497 e. The SMILES string of the molecule is COc1ccc(NS(=O)(=O)c2ccc(NN=Cc3c(C)nn(Cc4ccc(C)cc4)c3C)c([N+](=O)[O-])c2)cc1. The maximum Gasteiger partial charge on any atom is 0.295 e. The van der Waals surface area contributed by atoms with Gasteiger partial charge in [-0.3, -0.25) is 24.9 Å². The molecular formula is C27H28N6O5S. The van der Waals surface area contributed by atoms with Crippen LogP contribution in [0.1, 0.15) is 28.1 Å². The summed E-state index contributed by atoms with van der Waals surface area (Å²) in [5.41, 5.74) is 7.28. The molecule has 4 aromatic rings. The lowest BCUT2D eigenvalue weighted by Gasteiger charge is -2.10. The lowest BCUT2D eigenvalue weighted by atomic mass is 10.1. The fourth-order valence-corrected chi connectivity index (χ4v) is 4.96. The van der Waals surface area contributed by atoms with Crippen LogP contribution in [0.3, 0.4) is 0 Å². The van der Waals surface area contributed by atoms with E-state index in [1.54, 1.807) is 18.3 Å². The highest BCUT2D eigenvalue weighted by Gasteiger charge is 2.22. The van der Waals surface area contributed by atoms with Crippen molar-refractivity contribution in [3.8, 4) is 5.75 Å². The molecule has 0 aliphatic carbocycles. The number of sulfonamides is 1. The molecule has 0 aliphatic heterocycles. The number of nitro groups is 1. The number of nitro benzene ring substituents is 1. The second kappa shape index (κ2) is 11.4. The molecule has 0 unspecified atom stereocenters. The zero-order valence-electron chi connectivity index (χ0n) is 21.9. The Morgan fingerprint density at radius 1 is 1.05 bits per heavy atom. The van der Waals surface area contributed by atoms with Crippen molar-refractivity contribution in [3.63, 3.8) is 0 Å². The van der Waals surface area contributed by atoms with Crippen molar-refractivity contribution in [1.29, 1.82) is 0 Å². The summed E-state index contributed by atoms with van der Waals surface area (Å²) in [5.74, 6) is 0.563. The molecule has 0 atom stereocenters. The number of aryl methyl sites for hydroxylation is 2. The molecule has 0 amide bonds. The van der Waals surface area contributed by atoms with Crippen LogP contribution < -0.4 is 14.9 Å². The number of anilines is 2. The van der Waals surface area contributed by atoms with Crippen molar-refractivity contribution in [2.24, 2.45) is 5.10 Å². The van der Waals surface area contributed by atoms with Gasteiger partial charge in [0.15, 0.2) is 0 Å². The molecule has 1 aromatic heterocycles. The largest absolute Gasteiger partial charge is 0.497 e. The first-order chi connectivity index (χ1) is 18.6.